The number of anilines is 1. The van der Waals surface area contributed by atoms with Crippen molar-refractivity contribution in [3.63, 3.8) is 0 Å². The summed E-state index contributed by atoms with van der Waals surface area (Å²) < 4.78 is 5.67. The van der Waals surface area contributed by atoms with E-state index in [-0.39, 0.29) is 6.42 Å². The van der Waals surface area contributed by atoms with Crippen LogP contribution in [-0.4, -0.2) is 30.8 Å². The number of carboxylic acids is 1. The lowest BCUT2D eigenvalue weighted by Gasteiger charge is -2.26. The highest BCUT2D eigenvalue weighted by atomic mass is 16.5. The van der Waals surface area contributed by atoms with Crippen molar-refractivity contribution in [1.82, 2.24) is 0 Å². The lowest BCUT2D eigenvalue weighted by molar-refractivity contribution is -0.136. The lowest BCUT2D eigenvalue weighted by Crippen LogP contribution is -2.29. The topological polar surface area (TPSA) is 49.8 Å². The van der Waals surface area contributed by atoms with Crippen molar-refractivity contribution in [3.8, 4) is 5.75 Å². The molecule has 0 aliphatic carbocycles. The van der Waals surface area contributed by atoms with Crippen molar-refractivity contribution in [1.29, 1.82) is 0 Å². The SMILES string of the molecule is CC(C)COc1ccc(N(CCC(=O)O)CC(C)C)cc1. The van der Waals surface area contributed by atoms with Gasteiger partial charge in [-0.2, -0.15) is 0 Å². The zero-order valence-corrected chi connectivity index (χ0v) is 13.5. The van der Waals surface area contributed by atoms with Crippen LogP contribution in [0.2, 0.25) is 0 Å². The number of benzene rings is 1. The third-order valence-corrected chi connectivity index (χ3v) is 2.97. The fraction of sp³-hybridized carbons (Fsp3) is 0.588. The number of carboxylic acid groups (broad SMARTS) is 1. The second kappa shape index (κ2) is 8.55. The van der Waals surface area contributed by atoms with E-state index in [9.17, 15) is 4.79 Å². The maximum Gasteiger partial charge on any atom is 0.305 e. The predicted octanol–water partition coefficient (Wildman–Crippen LogP) is 3.66. The smallest absolute Gasteiger partial charge is 0.305 e. The van der Waals surface area contributed by atoms with Crippen LogP contribution < -0.4 is 9.64 Å². The summed E-state index contributed by atoms with van der Waals surface area (Å²) >= 11 is 0. The van der Waals surface area contributed by atoms with Crippen molar-refractivity contribution < 1.29 is 14.6 Å². The Kier molecular flexibility index (Phi) is 7.06. The van der Waals surface area contributed by atoms with Crippen LogP contribution in [0, 0.1) is 11.8 Å². The molecule has 21 heavy (non-hydrogen) atoms. The van der Waals surface area contributed by atoms with Gasteiger partial charge in [0.25, 0.3) is 0 Å². The molecule has 0 bridgehead atoms. The number of aliphatic carboxylic acids is 1. The van der Waals surface area contributed by atoms with Crippen molar-refractivity contribution in [2.45, 2.75) is 34.1 Å². The summed E-state index contributed by atoms with van der Waals surface area (Å²) in [5, 5.41) is 8.86. The molecule has 1 rings (SSSR count). The summed E-state index contributed by atoms with van der Waals surface area (Å²) in [7, 11) is 0. The maximum absolute atomic E-state index is 10.8. The summed E-state index contributed by atoms with van der Waals surface area (Å²) in [5.41, 5.74) is 1.04. The zero-order chi connectivity index (χ0) is 15.8. The van der Waals surface area contributed by atoms with E-state index in [0.29, 0.717) is 25.0 Å². The van der Waals surface area contributed by atoms with E-state index in [1.54, 1.807) is 0 Å². The summed E-state index contributed by atoms with van der Waals surface area (Å²) in [6.45, 7) is 10.6. The van der Waals surface area contributed by atoms with Gasteiger partial charge in [-0.1, -0.05) is 27.7 Å². The maximum atomic E-state index is 10.8. The minimum absolute atomic E-state index is 0.151. The van der Waals surface area contributed by atoms with Crippen LogP contribution in [0.3, 0.4) is 0 Å². The van der Waals surface area contributed by atoms with Gasteiger partial charge in [-0.3, -0.25) is 4.79 Å². The van der Waals surface area contributed by atoms with Crippen LogP contribution in [0.1, 0.15) is 34.1 Å². The average Bonchev–Trinajstić information content (AvgIpc) is 2.41. The molecule has 1 N–H and O–H groups in total. The van der Waals surface area contributed by atoms with Gasteiger partial charge < -0.3 is 14.7 Å². The van der Waals surface area contributed by atoms with Crippen molar-refractivity contribution in [2.75, 3.05) is 24.6 Å². The summed E-state index contributed by atoms with van der Waals surface area (Å²) in [5.74, 6) is 1.07. The molecule has 0 aliphatic heterocycles. The minimum atomic E-state index is -0.763. The Bertz CT molecular complexity index is 426. The Morgan fingerprint density at radius 2 is 1.76 bits per heavy atom. The molecule has 1 aromatic rings. The Labute approximate surface area is 127 Å². The average molecular weight is 293 g/mol. The molecule has 0 amide bonds. The molecular formula is C17H27NO3. The van der Waals surface area contributed by atoms with Crippen LogP contribution in [0.5, 0.6) is 5.75 Å². The Morgan fingerprint density at radius 3 is 2.24 bits per heavy atom. The first-order chi connectivity index (χ1) is 9.88. The molecule has 0 atom stereocenters. The molecule has 0 saturated heterocycles. The van der Waals surface area contributed by atoms with Crippen LogP contribution in [-0.2, 0) is 4.79 Å². The van der Waals surface area contributed by atoms with Crippen molar-refractivity contribution in [2.24, 2.45) is 11.8 Å². The molecule has 0 spiro atoms. The van der Waals surface area contributed by atoms with Gasteiger partial charge in [0.05, 0.1) is 13.0 Å². The van der Waals surface area contributed by atoms with E-state index in [1.807, 2.05) is 24.3 Å². The number of nitrogens with zero attached hydrogens (tertiary/aromatic N) is 1. The van der Waals surface area contributed by atoms with Gasteiger partial charge in [-0.05, 0) is 36.1 Å². The van der Waals surface area contributed by atoms with E-state index in [1.165, 1.54) is 0 Å². The van der Waals surface area contributed by atoms with Gasteiger partial charge in [-0.25, -0.2) is 0 Å². The summed E-state index contributed by atoms with van der Waals surface area (Å²) in [4.78, 5) is 12.9. The highest BCUT2D eigenvalue weighted by Gasteiger charge is 2.11. The van der Waals surface area contributed by atoms with Gasteiger partial charge in [0.1, 0.15) is 5.75 Å². The number of rotatable bonds is 9. The first-order valence-electron chi connectivity index (χ1n) is 7.58. The molecule has 0 aromatic heterocycles. The summed E-state index contributed by atoms with van der Waals surface area (Å²) in [6.07, 6.45) is 0.151. The molecule has 1 aromatic carbocycles. The minimum Gasteiger partial charge on any atom is -0.493 e. The fourth-order valence-corrected chi connectivity index (χ4v) is 2.01. The molecular weight excluding hydrogens is 266 g/mol. The van der Waals surface area contributed by atoms with Crippen LogP contribution in [0.15, 0.2) is 24.3 Å². The van der Waals surface area contributed by atoms with E-state index < -0.39 is 5.97 Å². The zero-order valence-electron chi connectivity index (χ0n) is 13.5. The van der Waals surface area contributed by atoms with Gasteiger partial charge >= 0.3 is 5.97 Å². The third-order valence-electron chi connectivity index (χ3n) is 2.97. The largest absolute Gasteiger partial charge is 0.493 e. The molecule has 0 radical (unpaired) electrons. The molecule has 4 nitrogen and oxygen atoms in total. The van der Waals surface area contributed by atoms with E-state index in [0.717, 1.165) is 18.0 Å². The third kappa shape index (κ3) is 7.02. The van der Waals surface area contributed by atoms with E-state index >= 15 is 0 Å². The molecule has 0 saturated carbocycles. The predicted molar refractivity (Wildman–Crippen MR) is 86.1 cm³/mol. The van der Waals surface area contributed by atoms with E-state index in [2.05, 4.69) is 32.6 Å². The van der Waals surface area contributed by atoms with Gasteiger partial charge in [0, 0.05) is 18.8 Å². The van der Waals surface area contributed by atoms with Crippen molar-refractivity contribution in [3.05, 3.63) is 24.3 Å². The summed E-state index contributed by atoms with van der Waals surface area (Å²) in [6, 6.07) is 7.90. The lowest BCUT2D eigenvalue weighted by atomic mass is 10.1. The number of hydrogen-bond donors (Lipinski definition) is 1. The second-order valence-corrected chi connectivity index (χ2v) is 6.18. The normalized spacial score (nSPS) is 11.0. The highest BCUT2D eigenvalue weighted by molar-refractivity contribution is 5.67. The van der Waals surface area contributed by atoms with Crippen LogP contribution in [0.4, 0.5) is 5.69 Å². The number of hydrogen-bond acceptors (Lipinski definition) is 3. The van der Waals surface area contributed by atoms with Gasteiger partial charge in [0.2, 0.25) is 0 Å². The second-order valence-electron chi connectivity index (χ2n) is 6.18. The molecule has 0 fully saturated rings. The first-order valence-corrected chi connectivity index (χ1v) is 7.58. The van der Waals surface area contributed by atoms with Crippen molar-refractivity contribution >= 4 is 11.7 Å². The first kappa shape index (κ1) is 17.3. The highest BCUT2D eigenvalue weighted by Crippen LogP contribution is 2.21. The van der Waals surface area contributed by atoms with Gasteiger partial charge in [-0.15, -0.1) is 0 Å². The molecule has 4 heteroatoms. The van der Waals surface area contributed by atoms with Crippen LogP contribution >= 0.6 is 0 Å². The van der Waals surface area contributed by atoms with Crippen LogP contribution in [0.25, 0.3) is 0 Å². The molecule has 118 valence electrons. The monoisotopic (exact) mass is 293 g/mol. The van der Waals surface area contributed by atoms with Gasteiger partial charge in [0.15, 0.2) is 0 Å². The Balaban J connectivity index is 2.70. The quantitative estimate of drug-likeness (QED) is 0.755. The standard InChI is InChI=1S/C17H27NO3/c1-13(2)11-18(10-9-17(19)20)15-5-7-16(8-6-15)21-12-14(3)4/h5-8,13-14H,9-12H2,1-4H3,(H,19,20). The Hall–Kier alpha value is -1.71. The van der Waals surface area contributed by atoms with E-state index in [4.69, 9.17) is 9.84 Å². The molecule has 0 heterocycles. The fourth-order valence-electron chi connectivity index (χ4n) is 2.01. The molecule has 0 unspecified atom stereocenters. The molecule has 0 aliphatic rings. The number of carbonyl (C=O) groups is 1. The number of ether oxygens (including phenoxy) is 1. The Morgan fingerprint density at radius 1 is 1.14 bits per heavy atom.